The summed E-state index contributed by atoms with van der Waals surface area (Å²) in [5.74, 6) is -2.29. The molecule has 0 aliphatic carbocycles. The number of nitrogens with one attached hydrogen (secondary N) is 1. The molecular formula is C21H18Cl2FN3O4. The number of aryl methyl sites for hydroxylation is 2. The first-order valence-electron chi connectivity index (χ1n) is 9.23. The van der Waals surface area contributed by atoms with Gasteiger partial charge in [0.05, 0.1) is 29.0 Å². The van der Waals surface area contributed by atoms with Gasteiger partial charge < -0.3 is 5.11 Å². The summed E-state index contributed by atoms with van der Waals surface area (Å²) in [5.41, 5.74) is 0.229. The number of halogens is 3. The minimum atomic E-state index is -1.20. The largest absolute Gasteiger partial charge is 0.481 e. The van der Waals surface area contributed by atoms with Crippen molar-refractivity contribution in [1.29, 1.82) is 0 Å². The molecule has 2 N–H and O–H groups in total. The van der Waals surface area contributed by atoms with E-state index < -0.39 is 23.0 Å². The highest BCUT2D eigenvalue weighted by atomic mass is 35.5. The van der Waals surface area contributed by atoms with Crippen LogP contribution in [0.4, 0.5) is 15.8 Å². The van der Waals surface area contributed by atoms with Gasteiger partial charge in [-0.1, -0.05) is 42.3 Å². The van der Waals surface area contributed by atoms with Gasteiger partial charge in [0, 0.05) is 5.02 Å². The zero-order valence-electron chi connectivity index (χ0n) is 16.6. The number of carboxylic acids is 1. The Hall–Kier alpha value is -3.10. The van der Waals surface area contributed by atoms with Crippen LogP contribution in [-0.4, -0.2) is 20.7 Å². The van der Waals surface area contributed by atoms with Crippen LogP contribution in [0.25, 0.3) is 0 Å². The van der Waals surface area contributed by atoms with Gasteiger partial charge >= 0.3 is 11.7 Å². The molecule has 0 radical (unpaired) electrons. The average molecular weight is 466 g/mol. The molecule has 1 heterocycles. The Labute approximate surface area is 186 Å². The van der Waals surface area contributed by atoms with Crippen molar-refractivity contribution in [2.45, 2.75) is 26.7 Å². The van der Waals surface area contributed by atoms with E-state index in [1.165, 1.54) is 11.1 Å². The zero-order chi connectivity index (χ0) is 22.9. The third-order valence-electron chi connectivity index (χ3n) is 4.65. The van der Waals surface area contributed by atoms with Gasteiger partial charge in [-0.15, -0.1) is 0 Å². The fourth-order valence-corrected chi connectivity index (χ4v) is 3.94. The minimum absolute atomic E-state index is 0.143. The van der Waals surface area contributed by atoms with E-state index in [2.05, 4.69) is 0 Å². The summed E-state index contributed by atoms with van der Waals surface area (Å²) in [6.45, 7) is 3.60. The highest BCUT2D eigenvalue weighted by molar-refractivity contribution is 6.36. The molecule has 0 aliphatic heterocycles. The first-order valence-corrected chi connectivity index (χ1v) is 9.99. The van der Waals surface area contributed by atoms with Crippen LogP contribution in [0.5, 0.6) is 0 Å². The summed E-state index contributed by atoms with van der Waals surface area (Å²) in [5, 5.41) is 11.2. The van der Waals surface area contributed by atoms with Crippen LogP contribution in [-0.2, 0) is 17.6 Å². The van der Waals surface area contributed by atoms with Crippen molar-refractivity contribution in [2.24, 2.45) is 0 Å². The molecule has 31 heavy (non-hydrogen) atoms. The zero-order valence-corrected chi connectivity index (χ0v) is 18.1. The Morgan fingerprint density at radius 1 is 1.23 bits per heavy atom. The van der Waals surface area contributed by atoms with Crippen molar-refractivity contribution in [3.8, 4) is 0 Å². The summed E-state index contributed by atoms with van der Waals surface area (Å²) in [6.07, 6.45) is 1.02. The second kappa shape index (κ2) is 8.95. The standard InChI is InChI=1S/C21H18Cl2FN3O4/c1-3-12-4-5-17(13(7-12)8-18(28)29)27(19-11(2)6-14(22)9-15(19)23)26-10-16(24)20(30)25-21(26)31/h4-7,9-10H,3,8H2,1-2H3,(H,28,29)(H,25,30,31). The van der Waals surface area contributed by atoms with Gasteiger partial charge in [0.25, 0.3) is 5.56 Å². The van der Waals surface area contributed by atoms with E-state index in [9.17, 15) is 23.9 Å². The van der Waals surface area contributed by atoms with Crippen LogP contribution in [0.2, 0.25) is 10.0 Å². The van der Waals surface area contributed by atoms with Crippen molar-refractivity contribution < 1.29 is 14.3 Å². The minimum Gasteiger partial charge on any atom is -0.481 e. The monoisotopic (exact) mass is 465 g/mol. The summed E-state index contributed by atoms with van der Waals surface area (Å²) in [6, 6.07) is 8.13. The smallest absolute Gasteiger partial charge is 0.347 e. The summed E-state index contributed by atoms with van der Waals surface area (Å²) >= 11 is 12.5. The predicted octanol–water partition coefficient (Wildman–Crippen LogP) is 4.08. The van der Waals surface area contributed by atoms with Gasteiger partial charge in [0.15, 0.2) is 0 Å². The fraction of sp³-hybridized carbons (Fsp3) is 0.190. The molecule has 0 saturated heterocycles. The van der Waals surface area contributed by atoms with Crippen LogP contribution in [0.15, 0.2) is 46.1 Å². The summed E-state index contributed by atoms with van der Waals surface area (Å²) in [7, 11) is 0. The SMILES string of the molecule is CCc1ccc(N(c2c(C)cc(Cl)cc2Cl)n2cc(F)c(=O)[nH]c2=O)c(CC(=O)O)c1. The molecule has 10 heteroatoms. The molecule has 0 atom stereocenters. The van der Waals surface area contributed by atoms with Crippen LogP contribution in [0.1, 0.15) is 23.6 Å². The highest BCUT2D eigenvalue weighted by Gasteiger charge is 2.24. The lowest BCUT2D eigenvalue weighted by Gasteiger charge is -2.30. The van der Waals surface area contributed by atoms with Gasteiger partial charge in [0.2, 0.25) is 5.82 Å². The van der Waals surface area contributed by atoms with Crippen molar-refractivity contribution >= 4 is 40.5 Å². The van der Waals surface area contributed by atoms with Gasteiger partial charge in [-0.3, -0.25) is 14.6 Å². The van der Waals surface area contributed by atoms with Crippen molar-refractivity contribution in [1.82, 2.24) is 9.66 Å². The van der Waals surface area contributed by atoms with E-state index in [4.69, 9.17) is 23.2 Å². The molecule has 0 spiro atoms. The highest BCUT2D eigenvalue weighted by Crippen LogP contribution is 2.38. The lowest BCUT2D eigenvalue weighted by Crippen LogP contribution is -2.41. The topological polar surface area (TPSA) is 95.4 Å². The Balaban J connectivity index is 2.42. The predicted molar refractivity (Wildman–Crippen MR) is 117 cm³/mol. The molecule has 0 aliphatic rings. The number of carbonyl (C=O) groups is 1. The van der Waals surface area contributed by atoms with Gasteiger partial charge in [-0.05, 0) is 48.2 Å². The Morgan fingerprint density at radius 3 is 2.55 bits per heavy atom. The summed E-state index contributed by atoms with van der Waals surface area (Å²) in [4.78, 5) is 37.7. The Kier molecular flexibility index (Phi) is 6.52. The lowest BCUT2D eigenvalue weighted by atomic mass is 10.0. The molecule has 0 amide bonds. The molecular weight excluding hydrogens is 448 g/mol. The van der Waals surface area contributed by atoms with Crippen molar-refractivity contribution in [3.05, 3.63) is 89.9 Å². The Bertz CT molecular complexity index is 1260. The first-order chi connectivity index (χ1) is 14.6. The fourth-order valence-electron chi connectivity index (χ4n) is 3.26. The average Bonchev–Trinajstić information content (AvgIpc) is 2.67. The Morgan fingerprint density at radius 2 is 1.94 bits per heavy atom. The van der Waals surface area contributed by atoms with E-state index >= 15 is 0 Å². The van der Waals surface area contributed by atoms with Crippen LogP contribution in [0, 0.1) is 12.7 Å². The lowest BCUT2D eigenvalue weighted by molar-refractivity contribution is -0.136. The molecule has 0 saturated carbocycles. The maximum atomic E-state index is 14.2. The number of aliphatic carboxylic acids is 1. The van der Waals surface area contributed by atoms with E-state index in [1.54, 1.807) is 31.2 Å². The molecule has 3 aromatic rings. The number of carboxylic acid groups (broad SMARTS) is 1. The number of anilines is 2. The third kappa shape index (κ3) is 4.65. The summed E-state index contributed by atoms with van der Waals surface area (Å²) < 4.78 is 15.0. The normalized spacial score (nSPS) is 10.9. The van der Waals surface area contributed by atoms with Gasteiger partial charge in [-0.25, -0.2) is 14.5 Å². The van der Waals surface area contributed by atoms with E-state index in [0.29, 0.717) is 22.6 Å². The molecule has 0 unspecified atom stereocenters. The molecule has 0 fully saturated rings. The van der Waals surface area contributed by atoms with Crippen LogP contribution >= 0.6 is 23.2 Å². The number of hydrogen-bond donors (Lipinski definition) is 2. The third-order valence-corrected chi connectivity index (χ3v) is 5.16. The van der Waals surface area contributed by atoms with E-state index in [0.717, 1.165) is 16.4 Å². The van der Waals surface area contributed by atoms with E-state index in [1.807, 2.05) is 11.9 Å². The van der Waals surface area contributed by atoms with Gasteiger partial charge in [0.1, 0.15) is 0 Å². The second-order valence-corrected chi connectivity index (χ2v) is 7.68. The van der Waals surface area contributed by atoms with Crippen LogP contribution < -0.4 is 16.3 Å². The number of H-pyrrole nitrogens is 1. The molecule has 0 bridgehead atoms. The quantitative estimate of drug-likeness (QED) is 0.571. The number of aromatic nitrogens is 2. The van der Waals surface area contributed by atoms with Crippen molar-refractivity contribution in [3.63, 3.8) is 0 Å². The number of aromatic amines is 1. The molecule has 162 valence electrons. The molecule has 2 aromatic carbocycles. The van der Waals surface area contributed by atoms with Crippen LogP contribution in [0.3, 0.4) is 0 Å². The number of hydrogen-bond acceptors (Lipinski definition) is 4. The van der Waals surface area contributed by atoms with Gasteiger partial charge in [-0.2, -0.15) is 4.39 Å². The maximum Gasteiger partial charge on any atom is 0.347 e. The maximum absolute atomic E-state index is 14.2. The molecule has 7 nitrogen and oxygen atoms in total. The molecule has 1 aromatic heterocycles. The number of benzene rings is 2. The van der Waals surface area contributed by atoms with Crippen molar-refractivity contribution in [2.75, 3.05) is 5.01 Å². The van der Waals surface area contributed by atoms with E-state index in [-0.39, 0.29) is 22.8 Å². The first kappa shape index (κ1) is 22.6. The molecule has 3 rings (SSSR count). The second-order valence-electron chi connectivity index (χ2n) is 6.83. The number of nitrogens with zero attached hydrogens (tertiary/aromatic N) is 2. The number of rotatable bonds is 6.